The zero-order chi connectivity index (χ0) is 20.9. The molecule has 1 aromatic rings. The minimum atomic E-state index is -5.08. The molecule has 0 saturated carbocycles. The maximum atomic E-state index is 11.8. The molecule has 2 aliphatic heterocycles. The number of amides is 1. The van der Waals surface area contributed by atoms with Crippen molar-refractivity contribution in [3.8, 4) is 0 Å². The van der Waals surface area contributed by atoms with E-state index in [1.807, 2.05) is 25.4 Å². The van der Waals surface area contributed by atoms with Crippen LogP contribution in [0.2, 0.25) is 0 Å². The van der Waals surface area contributed by atoms with E-state index in [1.54, 1.807) is 11.3 Å². The van der Waals surface area contributed by atoms with Crippen LogP contribution >= 0.6 is 11.3 Å². The zero-order valence-electron chi connectivity index (χ0n) is 15.6. The molecule has 1 amide bonds. The number of hydrogen-bond donors (Lipinski definition) is 2. The first-order valence-electron chi connectivity index (χ1n) is 8.90. The minimum Gasteiger partial charge on any atom is -0.475 e. The second-order valence-corrected chi connectivity index (χ2v) is 8.12. The Morgan fingerprint density at radius 2 is 2.11 bits per heavy atom. The monoisotopic (exact) mass is 423 g/mol. The number of nitrogens with one attached hydrogen (secondary N) is 1. The molecule has 2 fully saturated rings. The molecule has 0 bridgehead atoms. The molecule has 7 nitrogen and oxygen atoms in total. The number of rotatable bonds is 5. The highest BCUT2D eigenvalue weighted by Gasteiger charge is 2.42. The molecule has 2 saturated heterocycles. The topological polar surface area (TPSA) is 91.8 Å². The molecule has 0 aromatic carbocycles. The Hall–Kier alpha value is -1.72. The molecule has 3 atom stereocenters. The van der Waals surface area contributed by atoms with Gasteiger partial charge in [-0.05, 0) is 20.3 Å². The van der Waals surface area contributed by atoms with E-state index in [1.165, 1.54) is 5.01 Å². The van der Waals surface area contributed by atoms with Gasteiger partial charge in [-0.25, -0.2) is 9.78 Å². The lowest BCUT2D eigenvalue weighted by Crippen LogP contribution is -2.33. The van der Waals surface area contributed by atoms with Crippen LogP contribution in [0.5, 0.6) is 0 Å². The summed E-state index contributed by atoms with van der Waals surface area (Å²) >= 11 is 1.71. The molecule has 11 heteroatoms. The number of ether oxygens (including phenoxy) is 1. The van der Waals surface area contributed by atoms with E-state index in [9.17, 15) is 18.0 Å². The molecular formula is C17H24F3N3O4S. The maximum absolute atomic E-state index is 11.8. The zero-order valence-corrected chi connectivity index (χ0v) is 16.4. The third-order valence-electron chi connectivity index (χ3n) is 4.34. The molecule has 1 aromatic heterocycles. The summed E-state index contributed by atoms with van der Waals surface area (Å²) in [5.74, 6) is -2.08. The van der Waals surface area contributed by atoms with Crippen LogP contribution in [0.25, 0.3) is 0 Å². The van der Waals surface area contributed by atoms with E-state index in [4.69, 9.17) is 14.6 Å². The third kappa shape index (κ3) is 7.02. The summed E-state index contributed by atoms with van der Waals surface area (Å²) in [5, 5.41) is 13.3. The van der Waals surface area contributed by atoms with Crippen LogP contribution in [0.1, 0.15) is 31.7 Å². The number of nitrogens with zero attached hydrogens (tertiary/aromatic N) is 2. The Balaban J connectivity index is 0.000000345. The van der Waals surface area contributed by atoms with E-state index in [2.05, 4.69) is 15.2 Å². The Kier molecular flexibility index (Phi) is 7.79. The number of carbonyl (C=O) groups is 2. The fourth-order valence-electron chi connectivity index (χ4n) is 3.32. The normalized spacial score (nSPS) is 24.6. The second-order valence-electron chi connectivity index (χ2n) is 7.14. The minimum absolute atomic E-state index is 0.0979. The van der Waals surface area contributed by atoms with Crippen molar-refractivity contribution in [2.45, 2.75) is 57.7 Å². The lowest BCUT2D eigenvalue weighted by Gasteiger charge is -2.18. The number of carbonyl (C=O) groups excluding carboxylic acids is 1. The van der Waals surface area contributed by atoms with Crippen LogP contribution in [-0.4, -0.2) is 64.4 Å². The van der Waals surface area contributed by atoms with Crippen LogP contribution in [0.3, 0.4) is 0 Å². The van der Waals surface area contributed by atoms with E-state index in [-0.39, 0.29) is 18.1 Å². The van der Waals surface area contributed by atoms with E-state index in [0.29, 0.717) is 18.4 Å². The Labute approximate surface area is 164 Å². The molecule has 0 aliphatic carbocycles. The van der Waals surface area contributed by atoms with E-state index >= 15 is 0 Å². The van der Waals surface area contributed by atoms with E-state index < -0.39 is 12.1 Å². The first-order chi connectivity index (χ1) is 13.0. The van der Waals surface area contributed by atoms with Crippen LogP contribution in [0.4, 0.5) is 13.2 Å². The molecule has 3 heterocycles. The van der Waals surface area contributed by atoms with Gasteiger partial charge in [0.25, 0.3) is 0 Å². The van der Waals surface area contributed by atoms with Gasteiger partial charge in [-0.2, -0.15) is 13.2 Å². The smallest absolute Gasteiger partial charge is 0.475 e. The lowest BCUT2D eigenvalue weighted by molar-refractivity contribution is -0.192. The van der Waals surface area contributed by atoms with Crippen LogP contribution in [0.15, 0.2) is 11.6 Å². The van der Waals surface area contributed by atoms with Crippen molar-refractivity contribution in [2.24, 2.45) is 5.92 Å². The summed E-state index contributed by atoms with van der Waals surface area (Å²) < 4.78 is 37.8. The summed E-state index contributed by atoms with van der Waals surface area (Å²) in [7, 11) is 0. The van der Waals surface area contributed by atoms with Crippen LogP contribution in [-0.2, 0) is 20.9 Å². The fourth-order valence-corrected chi connectivity index (χ4v) is 3.98. The van der Waals surface area contributed by atoms with Gasteiger partial charge in [0.2, 0.25) is 5.91 Å². The number of carboxylic acids is 1. The number of carboxylic acid groups (broad SMARTS) is 1. The van der Waals surface area contributed by atoms with Crippen molar-refractivity contribution < 1.29 is 32.6 Å². The molecule has 0 spiro atoms. The van der Waals surface area contributed by atoms with Crippen molar-refractivity contribution in [3.05, 3.63) is 16.6 Å². The average molecular weight is 423 g/mol. The first kappa shape index (κ1) is 22.6. The number of hydrogen-bond acceptors (Lipinski definition) is 6. The Morgan fingerprint density at radius 1 is 1.43 bits per heavy atom. The highest BCUT2D eigenvalue weighted by molar-refractivity contribution is 7.09. The first-order valence-corrected chi connectivity index (χ1v) is 9.78. The number of aromatic nitrogens is 1. The van der Waals surface area contributed by atoms with E-state index in [0.717, 1.165) is 26.1 Å². The molecule has 0 unspecified atom stereocenters. The Morgan fingerprint density at radius 3 is 2.61 bits per heavy atom. The number of alkyl halides is 3. The van der Waals surface area contributed by atoms with Crippen molar-refractivity contribution in [3.63, 3.8) is 0 Å². The van der Waals surface area contributed by atoms with Gasteiger partial charge in [0.15, 0.2) is 0 Å². The highest BCUT2D eigenvalue weighted by atomic mass is 32.1. The number of fused-ring (bicyclic) bond motifs is 1. The molecule has 28 heavy (non-hydrogen) atoms. The lowest BCUT2D eigenvalue weighted by atomic mass is 10.0. The third-order valence-corrected chi connectivity index (χ3v) is 5.10. The Bertz CT molecular complexity index is 641. The van der Waals surface area contributed by atoms with Gasteiger partial charge in [0.1, 0.15) is 5.01 Å². The standard InChI is InChI=1S/C15H23N3O2S.C2HF3O2/c1-10(2)17-14(19)6-12-5-11-7-18(8-13(11)20-12)9-15-16-3-4-21-15;3-2(4,5)1(6)7/h3-4,10-13H,5-9H2,1-2H3,(H,17,19);(H,6,7)/t11-,12+,13+;/m0./s1. The van der Waals surface area contributed by atoms with Gasteiger partial charge < -0.3 is 15.2 Å². The predicted octanol–water partition coefficient (Wildman–Crippen LogP) is 2.28. The summed E-state index contributed by atoms with van der Waals surface area (Å²) in [6.45, 7) is 6.92. The summed E-state index contributed by atoms with van der Waals surface area (Å²) in [6, 6.07) is 0.201. The van der Waals surface area contributed by atoms with Gasteiger partial charge in [0.05, 0.1) is 25.2 Å². The van der Waals surface area contributed by atoms with Gasteiger partial charge >= 0.3 is 12.1 Å². The number of thiazole rings is 1. The SMILES string of the molecule is CC(C)NC(=O)C[C@H]1C[C@H]2CN(Cc3nccs3)C[C@H]2O1.O=C(O)C(F)(F)F. The van der Waals surface area contributed by atoms with Crippen LogP contribution < -0.4 is 5.32 Å². The second kappa shape index (κ2) is 9.66. The molecule has 2 N–H and O–H groups in total. The summed E-state index contributed by atoms with van der Waals surface area (Å²) in [6.07, 6.45) is -1.33. The summed E-state index contributed by atoms with van der Waals surface area (Å²) in [4.78, 5) is 27.4. The van der Waals surface area contributed by atoms with Crippen molar-refractivity contribution in [1.82, 2.24) is 15.2 Å². The molecule has 3 rings (SSSR count). The maximum Gasteiger partial charge on any atom is 0.490 e. The largest absolute Gasteiger partial charge is 0.490 e. The number of likely N-dealkylation sites (tertiary alicyclic amines) is 1. The van der Waals surface area contributed by atoms with Gasteiger partial charge in [-0.15, -0.1) is 11.3 Å². The van der Waals surface area contributed by atoms with Crippen molar-refractivity contribution in [1.29, 1.82) is 0 Å². The molecule has 2 aliphatic rings. The van der Waals surface area contributed by atoms with Gasteiger partial charge in [-0.3, -0.25) is 9.69 Å². The quantitative estimate of drug-likeness (QED) is 0.755. The number of halogens is 3. The predicted molar refractivity (Wildman–Crippen MR) is 95.7 cm³/mol. The van der Waals surface area contributed by atoms with Crippen molar-refractivity contribution in [2.75, 3.05) is 13.1 Å². The fraction of sp³-hybridized carbons (Fsp3) is 0.706. The molecular weight excluding hydrogens is 399 g/mol. The summed E-state index contributed by atoms with van der Waals surface area (Å²) in [5.41, 5.74) is 0. The number of aliphatic carboxylic acids is 1. The molecule has 0 radical (unpaired) electrons. The molecule has 158 valence electrons. The average Bonchev–Trinajstić information content (AvgIpc) is 3.23. The highest BCUT2D eigenvalue weighted by Crippen LogP contribution is 2.34. The van der Waals surface area contributed by atoms with Gasteiger partial charge in [-0.1, -0.05) is 0 Å². The van der Waals surface area contributed by atoms with Gasteiger partial charge in [0, 0.05) is 36.6 Å². The van der Waals surface area contributed by atoms with Crippen molar-refractivity contribution >= 4 is 23.2 Å². The van der Waals surface area contributed by atoms with Crippen LogP contribution in [0, 0.1) is 5.92 Å².